The van der Waals surface area contributed by atoms with Crippen molar-refractivity contribution in [2.45, 2.75) is 19.9 Å². The van der Waals surface area contributed by atoms with Crippen LogP contribution in [-0.2, 0) is 4.79 Å². The van der Waals surface area contributed by atoms with Crippen LogP contribution < -0.4 is 10.1 Å². The van der Waals surface area contributed by atoms with Gasteiger partial charge in [0.2, 0.25) is 0 Å². The molecule has 2 rings (SSSR count). The van der Waals surface area contributed by atoms with Crippen LogP contribution in [0.5, 0.6) is 5.75 Å². The standard InChI is InChI=1S/C17H18N2O4/c1-12-10-15(8-9-16(12)19(21)22)23-11-17(20)18-13(2)14-6-4-3-5-7-14/h3-10,13H,11H2,1-2H3,(H,18,20). The molecule has 6 nitrogen and oxygen atoms in total. The van der Waals surface area contributed by atoms with Gasteiger partial charge in [-0.3, -0.25) is 14.9 Å². The van der Waals surface area contributed by atoms with E-state index in [0.29, 0.717) is 11.3 Å². The van der Waals surface area contributed by atoms with E-state index in [1.54, 1.807) is 13.0 Å². The molecule has 2 aromatic rings. The van der Waals surface area contributed by atoms with E-state index >= 15 is 0 Å². The molecule has 0 aliphatic heterocycles. The highest BCUT2D eigenvalue weighted by Crippen LogP contribution is 2.23. The van der Waals surface area contributed by atoms with Gasteiger partial charge < -0.3 is 10.1 Å². The highest BCUT2D eigenvalue weighted by Gasteiger charge is 2.13. The number of benzene rings is 2. The van der Waals surface area contributed by atoms with Crippen LogP contribution in [0.2, 0.25) is 0 Å². The molecule has 0 spiro atoms. The highest BCUT2D eigenvalue weighted by molar-refractivity contribution is 5.78. The third kappa shape index (κ3) is 4.54. The summed E-state index contributed by atoms with van der Waals surface area (Å²) >= 11 is 0. The number of nitrogens with one attached hydrogen (secondary N) is 1. The first-order valence-corrected chi connectivity index (χ1v) is 7.19. The first-order chi connectivity index (χ1) is 11.0. The summed E-state index contributed by atoms with van der Waals surface area (Å²) in [4.78, 5) is 22.2. The molecule has 1 unspecified atom stereocenters. The van der Waals surface area contributed by atoms with Crippen molar-refractivity contribution < 1.29 is 14.5 Å². The molecule has 0 aromatic heterocycles. The number of aryl methyl sites for hydroxylation is 1. The van der Waals surface area contributed by atoms with Crippen LogP contribution >= 0.6 is 0 Å². The smallest absolute Gasteiger partial charge is 0.272 e. The van der Waals surface area contributed by atoms with Crippen molar-refractivity contribution in [3.05, 3.63) is 69.8 Å². The van der Waals surface area contributed by atoms with Crippen molar-refractivity contribution >= 4 is 11.6 Å². The average molecular weight is 314 g/mol. The fourth-order valence-electron chi connectivity index (χ4n) is 2.18. The zero-order valence-electron chi connectivity index (χ0n) is 13.0. The maximum Gasteiger partial charge on any atom is 0.272 e. The Morgan fingerprint density at radius 3 is 2.57 bits per heavy atom. The number of carbonyl (C=O) groups is 1. The Kier molecular flexibility index (Phi) is 5.30. The number of nitro benzene ring substituents is 1. The second-order valence-electron chi connectivity index (χ2n) is 5.19. The second kappa shape index (κ2) is 7.40. The molecule has 0 radical (unpaired) electrons. The predicted octanol–water partition coefficient (Wildman–Crippen LogP) is 3.16. The molecule has 1 N–H and O–H groups in total. The SMILES string of the molecule is Cc1cc(OCC(=O)NC(C)c2ccccc2)ccc1[N+](=O)[O-]. The van der Waals surface area contributed by atoms with Crippen LogP contribution in [0.3, 0.4) is 0 Å². The summed E-state index contributed by atoms with van der Waals surface area (Å²) in [5.74, 6) is 0.174. The van der Waals surface area contributed by atoms with E-state index in [9.17, 15) is 14.9 Å². The summed E-state index contributed by atoms with van der Waals surface area (Å²) in [6.07, 6.45) is 0. The van der Waals surface area contributed by atoms with Crippen LogP contribution in [0, 0.1) is 17.0 Å². The van der Waals surface area contributed by atoms with Gasteiger partial charge in [-0.15, -0.1) is 0 Å². The fourth-order valence-corrected chi connectivity index (χ4v) is 2.18. The molecule has 0 bridgehead atoms. The lowest BCUT2D eigenvalue weighted by Crippen LogP contribution is -2.31. The normalized spacial score (nSPS) is 11.6. The van der Waals surface area contributed by atoms with E-state index < -0.39 is 4.92 Å². The van der Waals surface area contributed by atoms with Crippen LogP contribution in [0.4, 0.5) is 5.69 Å². The summed E-state index contributed by atoms with van der Waals surface area (Å²) in [6.45, 7) is 3.38. The number of nitrogens with zero attached hydrogens (tertiary/aromatic N) is 1. The van der Waals surface area contributed by atoms with Gasteiger partial charge in [0.1, 0.15) is 5.75 Å². The molecule has 0 saturated heterocycles. The van der Waals surface area contributed by atoms with Gasteiger partial charge >= 0.3 is 0 Å². The molecule has 0 saturated carbocycles. The quantitative estimate of drug-likeness (QED) is 0.656. The Hall–Kier alpha value is -2.89. The number of rotatable bonds is 6. The zero-order chi connectivity index (χ0) is 16.8. The summed E-state index contributed by atoms with van der Waals surface area (Å²) in [5, 5.41) is 13.6. The lowest BCUT2D eigenvalue weighted by atomic mass is 10.1. The molecule has 1 atom stereocenters. The van der Waals surface area contributed by atoms with Gasteiger partial charge in [-0.05, 0) is 31.5 Å². The highest BCUT2D eigenvalue weighted by atomic mass is 16.6. The molecule has 0 aliphatic carbocycles. The van der Waals surface area contributed by atoms with Crippen LogP contribution in [0.1, 0.15) is 24.1 Å². The van der Waals surface area contributed by atoms with Gasteiger partial charge in [-0.1, -0.05) is 30.3 Å². The second-order valence-corrected chi connectivity index (χ2v) is 5.19. The molecule has 1 amide bonds. The van der Waals surface area contributed by atoms with Crippen molar-refractivity contribution in [3.8, 4) is 5.75 Å². The van der Waals surface area contributed by atoms with E-state index in [4.69, 9.17) is 4.74 Å². The van der Waals surface area contributed by atoms with Gasteiger partial charge in [0.15, 0.2) is 6.61 Å². The number of amides is 1. The van der Waals surface area contributed by atoms with Crippen molar-refractivity contribution in [1.82, 2.24) is 5.32 Å². The topological polar surface area (TPSA) is 81.5 Å². The molecule has 2 aromatic carbocycles. The molecule has 0 heterocycles. The number of hydrogen-bond acceptors (Lipinski definition) is 4. The van der Waals surface area contributed by atoms with Gasteiger partial charge in [-0.25, -0.2) is 0 Å². The van der Waals surface area contributed by atoms with E-state index in [-0.39, 0.29) is 24.2 Å². The minimum Gasteiger partial charge on any atom is -0.484 e. The molecule has 0 aliphatic rings. The van der Waals surface area contributed by atoms with Gasteiger partial charge in [0, 0.05) is 11.6 Å². The first kappa shape index (κ1) is 16.5. The molecule has 120 valence electrons. The Morgan fingerprint density at radius 1 is 1.26 bits per heavy atom. The summed E-state index contributed by atoms with van der Waals surface area (Å²) in [6, 6.07) is 13.9. The van der Waals surface area contributed by atoms with Crippen molar-refractivity contribution in [1.29, 1.82) is 0 Å². The molecule has 23 heavy (non-hydrogen) atoms. The lowest BCUT2D eigenvalue weighted by Gasteiger charge is -2.14. The van der Waals surface area contributed by atoms with Gasteiger partial charge in [0.25, 0.3) is 11.6 Å². The largest absolute Gasteiger partial charge is 0.484 e. The Labute approximate surface area is 134 Å². The van der Waals surface area contributed by atoms with E-state index in [1.165, 1.54) is 12.1 Å². The van der Waals surface area contributed by atoms with Crippen LogP contribution in [-0.4, -0.2) is 17.4 Å². The summed E-state index contributed by atoms with van der Waals surface area (Å²) < 4.78 is 5.39. The van der Waals surface area contributed by atoms with E-state index in [0.717, 1.165) is 5.56 Å². The Balaban J connectivity index is 1.89. The van der Waals surface area contributed by atoms with E-state index in [2.05, 4.69) is 5.32 Å². The number of nitro groups is 1. The van der Waals surface area contributed by atoms with Gasteiger partial charge in [-0.2, -0.15) is 0 Å². The molecule has 0 fully saturated rings. The monoisotopic (exact) mass is 314 g/mol. The number of carbonyl (C=O) groups excluding carboxylic acids is 1. The average Bonchev–Trinajstić information content (AvgIpc) is 2.53. The third-order valence-corrected chi connectivity index (χ3v) is 3.41. The van der Waals surface area contributed by atoms with Crippen molar-refractivity contribution in [3.63, 3.8) is 0 Å². The summed E-state index contributed by atoms with van der Waals surface area (Å²) in [5.41, 5.74) is 1.53. The van der Waals surface area contributed by atoms with Gasteiger partial charge in [0.05, 0.1) is 11.0 Å². The Morgan fingerprint density at radius 2 is 1.96 bits per heavy atom. The van der Waals surface area contributed by atoms with Crippen LogP contribution in [0.25, 0.3) is 0 Å². The Bertz CT molecular complexity index is 701. The van der Waals surface area contributed by atoms with Crippen molar-refractivity contribution in [2.24, 2.45) is 0 Å². The fraction of sp³-hybridized carbons (Fsp3) is 0.235. The molecule has 6 heteroatoms. The first-order valence-electron chi connectivity index (χ1n) is 7.19. The molecular formula is C17H18N2O4. The predicted molar refractivity (Wildman–Crippen MR) is 86.3 cm³/mol. The number of hydrogen-bond donors (Lipinski definition) is 1. The minimum atomic E-state index is -0.451. The molecular weight excluding hydrogens is 296 g/mol. The lowest BCUT2D eigenvalue weighted by molar-refractivity contribution is -0.385. The third-order valence-electron chi connectivity index (χ3n) is 3.41. The number of ether oxygens (including phenoxy) is 1. The minimum absolute atomic E-state index is 0.0273. The van der Waals surface area contributed by atoms with Crippen LogP contribution in [0.15, 0.2) is 48.5 Å². The van der Waals surface area contributed by atoms with E-state index in [1.807, 2.05) is 37.3 Å². The summed E-state index contributed by atoms with van der Waals surface area (Å²) in [7, 11) is 0. The zero-order valence-corrected chi connectivity index (χ0v) is 13.0. The van der Waals surface area contributed by atoms with Crippen molar-refractivity contribution in [2.75, 3.05) is 6.61 Å². The maximum atomic E-state index is 11.9. The maximum absolute atomic E-state index is 11.9.